The molecule has 0 atom stereocenters. The van der Waals surface area contributed by atoms with Crippen molar-refractivity contribution in [1.29, 1.82) is 0 Å². The second-order valence-corrected chi connectivity index (χ2v) is 6.13. The van der Waals surface area contributed by atoms with Crippen LogP contribution in [-0.4, -0.2) is 40.1 Å². The van der Waals surface area contributed by atoms with E-state index in [-0.39, 0.29) is 5.24 Å². The molecule has 18 heavy (non-hydrogen) atoms. The highest BCUT2D eigenvalue weighted by Gasteiger charge is 2.15. The molecule has 0 aromatic heterocycles. The molecule has 0 saturated carbocycles. The molecule has 0 fully saturated rings. The Balaban J connectivity index is 0. The van der Waals surface area contributed by atoms with E-state index in [4.69, 9.17) is 9.90 Å². The van der Waals surface area contributed by atoms with Crippen LogP contribution in [0.5, 0.6) is 0 Å². The van der Waals surface area contributed by atoms with Crippen LogP contribution >= 0.6 is 11.8 Å². The van der Waals surface area contributed by atoms with E-state index in [1.54, 1.807) is 0 Å². The molecule has 0 spiro atoms. The Bertz CT molecular complexity index is 228. The maximum Gasteiger partial charge on any atom is 0.300 e. The number of amides is 1. The number of carboxylic acids is 1. The van der Waals surface area contributed by atoms with Gasteiger partial charge in [-0.3, -0.25) is 9.59 Å². The first kappa shape index (κ1) is 19.6. The highest BCUT2D eigenvalue weighted by Crippen LogP contribution is 2.12. The van der Waals surface area contributed by atoms with Gasteiger partial charge in [0.15, 0.2) is 0 Å². The predicted molar refractivity (Wildman–Crippen MR) is 78.1 cm³/mol. The topological polar surface area (TPSA) is 57.6 Å². The van der Waals surface area contributed by atoms with E-state index in [9.17, 15) is 4.79 Å². The molecule has 108 valence electrons. The summed E-state index contributed by atoms with van der Waals surface area (Å²) in [4.78, 5) is 22.7. The van der Waals surface area contributed by atoms with Gasteiger partial charge < -0.3 is 10.0 Å². The SMILES string of the molecule is CC(=O)O.CCSC(=O)N(CC(C)C)CC(C)C. The van der Waals surface area contributed by atoms with Crippen LogP contribution in [0.3, 0.4) is 0 Å². The van der Waals surface area contributed by atoms with E-state index in [2.05, 4.69) is 27.7 Å². The Hall–Kier alpha value is -0.710. The van der Waals surface area contributed by atoms with Crippen LogP contribution in [0, 0.1) is 11.8 Å². The number of hydrogen-bond donors (Lipinski definition) is 1. The number of nitrogens with zero attached hydrogens (tertiary/aromatic N) is 1. The van der Waals surface area contributed by atoms with Crippen molar-refractivity contribution < 1.29 is 14.7 Å². The van der Waals surface area contributed by atoms with Crippen molar-refractivity contribution >= 4 is 23.0 Å². The van der Waals surface area contributed by atoms with Crippen LogP contribution in [0.2, 0.25) is 0 Å². The van der Waals surface area contributed by atoms with Gasteiger partial charge in [0.05, 0.1) is 0 Å². The van der Waals surface area contributed by atoms with Crippen molar-refractivity contribution in [3.05, 3.63) is 0 Å². The van der Waals surface area contributed by atoms with E-state index < -0.39 is 5.97 Å². The first-order valence-corrected chi connectivity index (χ1v) is 7.30. The summed E-state index contributed by atoms with van der Waals surface area (Å²) in [6.45, 7) is 13.5. The Labute approximate surface area is 115 Å². The molecule has 5 heteroatoms. The summed E-state index contributed by atoms with van der Waals surface area (Å²) in [5.74, 6) is 1.14. The Morgan fingerprint density at radius 1 is 1.11 bits per heavy atom. The summed E-state index contributed by atoms with van der Waals surface area (Å²) in [5.41, 5.74) is 0. The maximum absolute atomic E-state index is 11.7. The smallest absolute Gasteiger partial charge is 0.300 e. The van der Waals surface area contributed by atoms with Gasteiger partial charge in [-0.15, -0.1) is 0 Å². The molecule has 1 N–H and O–H groups in total. The Morgan fingerprint density at radius 3 is 1.67 bits per heavy atom. The lowest BCUT2D eigenvalue weighted by Crippen LogP contribution is -2.34. The number of rotatable bonds is 5. The molecule has 0 bridgehead atoms. The largest absolute Gasteiger partial charge is 0.481 e. The molecule has 0 aliphatic carbocycles. The molecule has 0 aliphatic rings. The molecular weight excluding hydrogens is 250 g/mol. The minimum atomic E-state index is -0.833. The lowest BCUT2D eigenvalue weighted by atomic mass is 10.1. The fraction of sp³-hybridized carbons (Fsp3) is 0.846. The van der Waals surface area contributed by atoms with Gasteiger partial charge in [-0.2, -0.15) is 0 Å². The van der Waals surface area contributed by atoms with Gasteiger partial charge in [-0.05, 0) is 17.6 Å². The molecule has 0 unspecified atom stereocenters. The molecule has 0 aliphatic heterocycles. The standard InChI is InChI=1S/C11H23NOS.C2H4O2/c1-6-14-11(13)12(7-9(2)3)8-10(4)5;1-2(3)4/h9-10H,6-8H2,1-5H3;1H3,(H,3,4). The lowest BCUT2D eigenvalue weighted by molar-refractivity contribution is -0.134. The van der Waals surface area contributed by atoms with Gasteiger partial charge in [0.25, 0.3) is 11.2 Å². The van der Waals surface area contributed by atoms with Crippen LogP contribution < -0.4 is 0 Å². The zero-order chi connectivity index (χ0) is 14.7. The van der Waals surface area contributed by atoms with Gasteiger partial charge >= 0.3 is 0 Å². The van der Waals surface area contributed by atoms with Crippen LogP contribution in [0.25, 0.3) is 0 Å². The summed E-state index contributed by atoms with van der Waals surface area (Å²) in [6.07, 6.45) is 0. The van der Waals surface area contributed by atoms with Crippen LogP contribution in [0.4, 0.5) is 4.79 Å². The maximum atomic E-state index is 11.7. The van der Waals surface area contributed by atoms with E-state index in [0.717, 1.165) is 25.8 Å². The molecule has 0 radical (unpaired) electrons. The van der Waals surface area contributed by atoms with Gasteiger partial charge in [-0.1, -0.05) is 46.4 Å². The summed E-state index contributed by atoms with van der Waals surface area (Å²) in [7, 11) is 0. The van der Waals surface area contributed by atoms with Crippen molar-refractivity contribution in [3.63, 3.8) is 0 Å². The quantitative estimate of drug-likeness (QED) is 0.834. The van der Waals surface area contributed by atoms with Crippen LogP contribution in [0.15, 0.2) is 0 Å². The minimum Gasteiger partial charge on any atom is -0.481 e. The third kappa shape index (κ3) is 15.3. The van der Waals surface area contributed by atoms with Crippen molar-refractivity contribution in [2.45, 2.75) is 41.5 Å². The third-order valence-electron chi connectivity index (χ3n) is 1.70. The predicted octanol–water partition coefficient (Wildman–Crippen LogP) is 3.56. The highest BCUT2D eigenvalue weighted by atomic mass is 32.2. The monoisotopic (exact) mass is 277 g/mol. The van der Waals surface area contributed by atoms with Gasteiger partial charge in [0.1, 0.15) is 0 Å². The molecule has 0 heterocycles. The molecule has 0 rings (SSSR count). The average molecular weight is 277 g/mol. The summed E-state index contributed by atoms with van der Waals surface area (Å²) in [5, 5.41) is 7.65. The summed E-state index contributed by atoms with van der Waals surface area (Å²) >= 11 is 1.41. The fourth-order valence-corrected chi connectivity index (χ4v) is 1.90. The van der Waals surface area contributed by atoms with Gasteiger partial charge in [-0.25, -0.2) is 0 Å². The van der Waals surface area contributed by atoms with Gasteiger partial charge in [0, 0.05) is 20.0 Å². The number of thioether (sulfide) groups is 1. The molecule has 0 saturated heterocycles. The Kier molecular flexibility index (Phi) is 12.4. The molecule has 1 amide bonds. The molecule has 4 nitrogen and oxygen atoms in total. The van der Waals surface area contributed by atoms with Crippen molar-refractivity contribution in [2.24, 2.45) is 11.8 Å². The molecule has 0 aromatic carbocycles. The zero-order valence-corrected chi connectivity index (χ0v) is 13.2. The molecular formula is C13H27NO3S. The number of carbonyl (C=O) groups is 2. The van der Waals surface area contributed by atoms with Crippen molar-refractivity contribution in [1.82, 2.24) is 4.90 Å². The van der Waals surface area contributed by atoms with E-state index in [0.29, 0.717) is 11.8 Å². The first-order valence-electron chi connectivity index (χ1n) is 6.31. The number of hydrogen-bond acceptors (Lipinski definition) is 3. The average Bonchev–Trinajstić information content (AvgIpc) is 2.14. The zero-order valence-electron chi connectivity index (χ0n) is 12.4. The molecule has 0 aromatic rings. The summed E-state index contributed by atoms with van der Waals surface area (Å²) in [6, 6.07) is 0. The van der Waals surface area contributed by atoms with Gasteiger partial charge in [0.2, 0.25) is 0 Å². The number of carboxylic acid groups (broad SMARTS) is 1. The highest BCUT2D eigenvalue weighted by molar-refractivity contribution is 8.13. The minimum absolute atomic E-state index is 0.231. The second-order valence-electron chi connectivity index (χ2n) is 4.91. The normalized spacial score (nSPS) is 10.0. The van der Waals surface area contributed by atoms with Crippen LogP contribution in [-0.2, 0) is 4.79 Å². The van der Waals surface area contributed by atoms with E-state index in [1.165, 1.54) is 11.8 Å². The van der Waals surface area contributed by atoms with Crippen LogP contribution in [0.1, 0.15) is 41.5 Å². The summed E-state index contributed by atoms with van der Waals surface area (Å²) < 4.78 is 0. The number of carbonyl (C=O) groups excluding carboxylic acids is 1. The third-order valence-corrected chi connectivity index (χ3v) is 2.49. The van der Waals surface area contributed by atoms with E-state index >= 15 is 0 Å². The van der Waals surface area contributed by atoms with Crippen molar-refractivity contribution in [2.75, 3.05) is 18.8 Å². The second kappa shape index (κ2) is 11.4. The first-order chi connectivity index (χ1) is 8.20. The Morgan fingerprint density at radius 2 is 1.44 bits per heavy atom. The number of aliphatic carboxylic acids is 1. The van der Waals surface area contributed by atoms with E-state index in [1.807, 2.05) is 11.8 Å². The van der Waals surface area contributed by atoms with Crippen molar-refractivity contribution in [3.8, 4) is 0 Å². The lowest BCUT2D eigenvalue weighted by Gasteiger charge is -2.25. The fourth-order valence-electron chi connectivity index (χ4n) is 1.32.